The van der Waals surface area contributed by atoms with Crippen LogP contribution in [0.25, 0.3) is 0 Å². The lowest BCUT2D eigenvalue weighted by atomic mass is 9.96. The molecular formula is C21H26BrN3O. The zero-order chi connectivity index (χ0) is 18.4. The number of unbranched alkanes of at least 4 members (excludes halogenated alkanes) is 3. The molecular weight excluding hydrogens is 390 g/mol. The average molecular weight is 416 g/mol. The number of nitrogens with one attached hydrogen (secondary N) is 1. The number of ether oxygens (including phenoxy) is 1. The zero-order valence-corrected chi connectivity index (χ0v) is 16.7. The van der Waals surface area contributed by atoms with Crippen molar-refractivity contribution in [3.05, 3.63) is 58.1 Å². The molecule has 0 spiro atoms. The van der Waals surface area contributed by atoms with Crippen LogP contribution >= 0.6 is 15.9 Å². The van der Waals surface area contributed by atoms with E-state index in [4.69, 9.17) is 10.5 Å². The predicted molar refractivity (Wildman–Crippen MR) is 111 cm³/mol. The standard InChI is InChI=1S/C21H26BrN3O/c1-2-3-4-5-6-20(23)26-17-11-12-18-19(13-17)24-14-25-21(18)15-7-9-16(22)10-8-15/h7-14,20-21H,2-6,23H2,1H3,(H,24,25). The number of benzene rings is 2. The molecule has 1 aliphatic heterocycles. The molecule has 3 N–H and O–H groups in total. The summed E-state index contributed by atoms with van der Waals surface area (Å²) in [7, 11) is 0. The van der Waals surface area contributed by atoms with Crippen molar-refractivity contribution < 1.29 is 4.74 Å². The van der Waals surface area contributed by atoms with E-state index in [2.05, 4.69) is 63.5 Å². The van der Waals surface area contributed by atoms with E-state index in [1.807, 2.05) is 12.1 Å². The molecule has 1 aliphatic rings. The molecule has 2 aromatic carbocycles. The second-order valence-corrected chi connectivity index (χ2v) is 7.55. The van der Waals surface area contributed by atoms with Crippen molar-refractivity contribution in [1.82, 2.24) is 5.32 Å². The first-order chi connectivity index (χ1) is 12.7. The number of rotatable bonds is 8. The number of hydrogen-bond acceptors (Lipinski definition) is 4. The van der Waals surface area contributed by atoms with Gasteiger partial charge in [-0.05, 0) is 36.6 Å². The summed E-state index contributed by atoms with van der Waals surface area (Å²) in [6.07, 6.45) is 7.17. The second kappa shape index (κ2) is 9.19. The molecule has 0 bridgehead atoms. The molecule has 0 saturated heterocycles. The number of hydrogen-bond donors (Lipinski definition) is 2. The van der Waals surface area contributed by atoms with Crippen molar-refractivity contribution in [1.29, 1.82) is 0 Å². The highest BCUT2D eigenvalue weighted by molar-refractivity contribution is 9.10. The number of fused-ring (bicyclic) bond motifs is 1. The van der Waals surface area contributed by atoms with Gasteiger partial charge in [0.25, 0.3) is 0 Å². The second-order valence-electron chi connectivity index (χ2n) is 6.64. The van der Waals surface area contributed by atoms with Crippen molar-refractivity contribution in [3.8, 4) is 5.75 Å². The summed E-state index contributed by atoms with van der Waals surface area (Å²) in [6, 6.07) is 14.5. The molecule has 2 unspecified atom stereocenters. The summed E-state index contributed by atoms with van der Waals surface area (Å²) in [5.41, 5.74) is 9.38. The first-order valence-corrected chi connectivity index (χ1v) is 10.1. The number of nitrogens with zero attached hydrogens (tertiary/aromatic N) is 1. The Morgan fingerprint density at radius 2 is 1.96 bits per heavy atom. The molecule has 0 aromatic heterocycles. The van der Waals surface area contributed by atoms with Crippen LogP contribution in [0.5, 0.6) is 5.75 Å². The van der Waals surface area contributed by atoms with Crippen LogP contribution in [0.1, 0.15) is 56.2 Å². The zero-order valence-electron chi connectivity index (χ0n) is 15.1. The summed E-state index contributed by atoms with van der Waals surface area (Å²) in [4.78, 5) is 4.47. The van der Waals surface area contributed by atoms with E-state index in [9.17, 15) is 0 Å². The Labute approximate surface area is 164 Å². The van der Waals surface area contributed by atoms with Gasteiger partial charge in [0.1, 0.15) is 12.0 Å². The Morgan fingerprint density at radius 3 is 2.73 bits per heavy atom. The fraction of sp³-hybridized carbons (Fsp3) is 0.381. The Morgan fingerprint density at radius 1 is 1.15 bits per heavy atom. The van der Waals surface area contributed by atoms with E-state index in [1.165, 1.54) is 24.8 Å². The van der Waals surface area contributed by atoms with Crippen molar-refractivity contribution in [2.24, 2.45) is 10.7 Å². The topological polar surface area (TPSA) is 59.6 Å². The quantitative estimate of drug-likeness (QED) is 0.445. The summed E-state index contributed by atoms with van der Waals surface area (Å²) in [6.45, 7) is 2.21. The van der Waals surface area contributed by atoms with Crippen LogP contribution in [-0.4, -0.2) is 12.6 Å². The summed E-state index contributed by atoms with van der Waals surface area (Å²) in [5.74, 6) is 0.778. The highest BCUT2D eigenvalue weighted by Gasteiger charge is 2.20. The van der Waals surface area contributed by atoms with Crippen LogP contribution in [0.4, 0.5) is 5.69 Å². The van der Waals surface area contributed by atoms with E-state index in [0.29, 0.717) is 0 Å². The predicted octanol–water partition coefficient (Wildman–Crippen LogP) is 5.44. The maximum atomic E-state index is 6.12. The molecule has 4 nitrogen and oxygen atoms in total. The monoisotopic (exact) mass is 415 g/mol. The van der Waals surface area contributed by atoms with E-state index in [0.717, 1.165) is 34.3 Å². The minimum Gasteiger partial charge on any atom is -0.476 e. The third kappa shape index (κ3) is 4.86. The molecule has 2 atom stereocenters. The average Bonchev–Trinajstić information content (AvgIpc) is 2.65. The third-order valence-electron chi connectivity index (χ3n) is 4.59. The van der Waals surface area contributed by atoms with E-state index < -0.39 is 0 Å². The van der Waals surface area contributed by atoms with Gasteiger partial charge >= 0.3 is 0 Å². The van der Waals surface area contributed by atoms with E-state index in [1.54, 1.807) is 6.34 Å². The van der Waals surface area contributed by atoms with Gasteiger partial charge in [-0.3, -0.25) is 5.73 Å². The fourth-order valence-corrected chi connectivity index (χ4v) is 3.43. The van der Waals surface area contributed by atoms with Gasteiger partial charge in [-0.1, -0.05) is 60.3 Å². The van der Waals surface area contributed by atoms with Gasteiger partial charge in [-0.15, -0.1) is 0 Å². The summed E-state index contributed by atoms with van der Waals surface area (Å²) >= 11 is 3.48. The molecule has 1 heterocycles. The van der Waals surface area contributed by atoms with E-state index in [-0.39, 0.29) is 12.3 Å². The van der Waals surface area contributed by atoms with Gasteiger partial charge < -0.3 is 10.1 Å². The molecule has 5 heteroatoms. The van der Waals surface area contributed by atoms with Crippen LogP contribution in [0.15, 0.2) is 51.9 Å². The first kappa shape index (κ1) is 18.9. The number of aliphatic imine (C=N–C) groups is 1. The molecule has 26 heavy (non-hydrogen) atoms. The smallest absolute Gasteiger partial charge is 0.147 e. The van der Waals surface area contributed by atoms with Gasteiger partial charge in [0.15, 0.2) is 0 Å². The number of halogens is 1. The van der Waals surface area contributed by atoms with Gasteiger partial charge in [0, 0.05) is 16.1 Å². The largest absolute Gasteiger partial charge is 0.476 e. The summed E-state index contributed by atoms with van der Waals surface area (Å²) < 4.78 is 6.97. The normalized spacial score (nSPS) is 16.7. The Kier molecular flexibility index (Phi) is 6.69. The van der Waals surface area contributed by atoms with Gasteiger partial charge in [0.05, 0.1) is 18.1 Å². The lowest BCUT2D eigenvalue weighted by Crippen LogP contribution is -2.27. The van der Waals surface area contributed by atoms with Gasteiger partial charge in [0.2, 0.25) is 0 Å². The molecule has 3 rings (SSSR count). The summed E-state index contributed by atoms with van der Waals surface area (Å²) in [5, 5.41) is 3.34. The van der Waals surface area contributed by atoms with Crippen LogP contribution in [-0.2, 0) is 0 Å². The molecule has 0 aliphatic carbocycles. The Balaban J connectivity index is 1.68. The van der Waals surface area contributed by atoms with Gasteiger partial charge in [-0.2, -0.15) is 0 Å². The molecule has 0 amide bonds. The minimum absolute atomic E-state index is 0.0902. The SMILES string of the molecule is CCCCCCC(N)Oc1ccc2c(c1)N=CNC2c1ccc(Br)cc1. The van der Waals surface area contributed by atoms with E-state index >= 15 is 0 Å². The maximum Gasteiger partial charge on any atom is 0.147 e. The van der Waals surface area contributed by atoms with Crippen LogP contribution in [0.2, 0.25) is 0 Å². The molecule has 0 fully saturated rings. The van der Waals surface area contributed by atoms with Crippen LogP contribution in [0.3, 0.4) is 0 Å². The van der Waals surface area contributed by atoms with Crippen molar-refractivity contribution in [2.75, 3.05) is 0 Å². The minimum atomic E-state index is -0.266. The fourth-order valence-electron chi connectivity index (χ4n) is 3.16. The van der Waals surface area contributed by atoms with Crippen LogP contribution in [0, 0.1) is 0 Å². The highest BCUT2D eigenvalue weighted by atomic mass is 79.9. The Hall–Kier alpha value is -1.85. The van der Waals surface area contributed by atoms with Crippen molar-refractivity contribution in [3.63, 3.8) is 0 Å². The molecule has 138 valence electrons. The Bertz CT molecular complexity index is 745. The van der Waals surface area contributed by atoms with Crippen molar-refractivity contribution in [2.45, 2.75) is 51.3 Å². The maximum absolute atomic E-state index is 6.12. The third-order valence-corrected chi connectivity index (χ3v) is 5.12. The highest BCUT2D eigenvalue weighted by Crippen LogP contribution is 2.35. The molecule has 0 saturated carbocycles. The number of nitrogens with two attached hydrogens (primary N) is 1. The molecule has 0 radical (unpaired) electrons. The first-order valence-electron chi connectivity index (χ1n) is 9.27. The van der Waals surface area contributed by atoms with Gasteiger partial charge in [-0.25, -0.2) is 4.99 Å². The van der Waals surface area contributed by atoms with Crippen LogP contribution < -0.4 is 15.8 Å². The lowest BCUT2D eigenvalue weighted by molar-refractivity contribution is 0.194. The molecule has 2 aromatic rings. The lowest BCUT2D eigenvalue weighted by Gasteiger charge is -2.24. The van der Waals surface area contributed by atoms with Crippen molar-refractivity contribution >= 4 is 28.0 Å².